The van der Waals surface area contributed by atoms with E-state index in [9.17, 15) is 9.90 Å². The van der Waals surface area contributed by atoms with Crippen LogP contribution in [0.2, 0.25) is 0 Å². The van der Waals surface area contributed by atoms with Crippen molar-refractivity contribution < 1.29 is 14.6 Å². The van der Waals surface area contributed by atoms with Gasteiger partial charge in [0.2, 0.25) is 0 Å². The van der Waals surface area contributed by atoms with Crippen molar-refractivity contribution in [2.24, 2.45) is 11.3 Å². The maximum absolute atomic E-state index is 12.0. The molecule has 0 aliphatic heterocycles. The number of aliphatic hydroxyl groups excluding tert-OH is 1. The zero-order valence-corrected chi connectivity index (χ0v) is 11.8. The summed E-state index contributed by atoms with van der Waals surface area (Å²) < 4.78 is 5.51. The minimum Gasteiger partial charge on any atom is -0.456 e. The number of ether oxygens (including phenoxy) is 1. The number of carbonyl (C=O) groups is 1. The number of esters is 1. The molecule has 2 rings (SSSR count). The molecule has 3 heteroatoms. The highest BCUT2D eigenvalue weighted by atomic mass is 16.6. The average Bonchev–Trinajstić information content (AvgIpc) is 2.36. The zero-order valence-electron chi connectivity index (χ0n) is 11.8. The SMILES string of the molecule is CC1CC(OC(=O)c2ccccc2)C(O)C(C)(C)C1. The van der Waals surface area contributed by atoms with Crippen LogP contribution in [-0.4, -0.2) is 23.3 Å². The smallest absolute Gasteiger partial charge is 0.338 e. The van der Waals surface area contributed by atoms with E-state index in [0.29, 0.717) is 11.5 Å². The molecule has 1 aromatic rings. The molecule has 1 fully saturated rings. The molecule has 0 bridgehead atoms. The minimum absolute atomic E-state index is 0.209. The van der Waals surface area contributed by atoms with Gasteiger partial charge in [-0.25, -0.2) is 4.79 Å². The van der Waals surface area contributed by atoms with Gasteiger partial charge >= 0.3 is 5.97 Å². The summed E-state index contributed by atoms with van der Waals surface area (Å²) in [5.41, 5.74) is 0.324. The van der Waals surface area contributed by atoms with Crippen molar-refractivity contribution in [2.45, 2.75) is 45.8 Å². The van der Waals surface area contributed by atoms with Gasteiger partial charge in [-0.3, -0.25) is 0 Å². The molecule has 0 spiro atoms. The van der Waals surface area contributed by atoms with Crippen molar-refractivity contribution in [2.75, 3.05) is 0 Å². The Morgan fingerprint density at radius 3 is 2.58 bits per heavy atom. The molecule has 3 nitrogen and oxygen atoms in total. The molecule has 0 heterocycles. The van der Waals surface area contributed by atoms with Crippen LogP contribution in [0.1, 0.15) is 44.0 Å². The monoisotopic (exact) mass is 262 g/mol. The van der Waals surface area contributed by atoms with Gasteiger partial charge in [-0.2, -0.15) is 0 Å². The number of aliphatic hydroxyl groups is 1. The molecule has 0 radical (unpaired) electrons. The standard InChI is InChI=1S/C16H22O3/c1-11-9-13(14(17)16(2,3)10-11)19-15(18)12-7-5-4-6-8-12/h4-8,11,13-14,17H,9-10H2,1-3H3. The number of hydrogen-bond donors (Lipinski definition) is 1. The van der Waals surface area contributed by atoms with Crippen LogP contribution in [-0.2, 0) is 4.74 Å². The molecular formula is C16H22O3. The lowest BCUT2D eigenvalue weighted by Gasteiger charge is -2.43. The second kappa shape index (κ2) is 5.33. The van der Waals surface area contributed by atoms with Gasteiger partial charge in [0.1, 0.15) is 6.10 Å². The molecule has 1 saturated carbocycles. The fraction of sp³-hybridized carbons (Fsp3) is 0.562. The summed E-state index contributed by atoms with van der Waals surface area (Å²) in [6.07, 6.45) is 0.666. The number of rotatable bonds is 2. The van der Waals surface area contributed by atoms with Gasteiger partial charge in [0.05, 0.1) is 11.7 Å². The highest BCUT2D eigenvalue weighted by Gasteiger charge is 2.42. The molecule has 3 atom stereocenters. The Bertz CT molecular complexity index is 439. The first kappa shape index (κ1) is 14.1. The summed E-state index contributed by atoms with van der Waals surface area (Å²) in [6, 6.07) is 8.93. The van der Waals surface area contributed by atoms with E-state index in [4.69, 9.17) is 4.74 Å². The number of carbonyl (C=O) groups excluding carboxylic acids is 1. The molecule has 1 aromatic carbocycles. The van der Waals surface area contributed by atoms with Crippen molar-refractivity contribution in [1.82, 2.24) is 0 Å². The van der Waals surface area contributed by atoms with E-state index in [1.54, 1.807) is 24.3 Å². The first-order valence-corrected chi connectivity index (χ1v) is 6.84. The van der Waals surface area contributed by atoms with Gasteiger partial charge in [-0.1, -0.05) is 39.0 Å². The second-order valence-corrected chi connectivity index (χ2v) is 6.29. The van der Waals surface area contributed by atoms with Gasteiger partial charge in [-0.15, -0.1) is 0 Å². The molecule has 0 amide bonds. The predicted molar refractivity (Wildman–Crippen MR) is 73.8 cm³/mol. The van der Waals surface area contributed by atoms with Crippen molar-refractivity contribution >= 4 is 5.97 Å². The summed E-state index contributed by atoms with van der Waals surface area (Å²) >= 11 is 0. The van der Waals surface area contributed by atoms with Gasteiger partial charge in [0.25, 0.3) is 0 Å². The van der Waals surface area contributed by atoms with E-state index in [2.05, 4.69) is 6.92 Å². The lowest BCUT2D eigenvalue weighted by molar-refractivity contribution is -0.103. The second-order valence-electron chi connectivity index (χ2n) is 6.29. The fourth-order valence-corrected chi connectivity index (χ4v) is 3.02. The highest BCUT2D eigenvalue weighted by molar-refractivity contribution is 5.89. The number of hydrogen-bond acceptors (Lipinski definition) is 3. The van der Waals surface area contributed by atoms with E-state index in [0.717, 1.165) is 12.8 Å². The first-order chi connectivity index (χ1) is 8.90. The van der Waals surface area contributed by atoms with Gasteiger partial charge in [-0.05, 0) is 36.3 Å². The topological polar surface area (TPSA) is 46.5 Å². The first-order valence-electron chi connectivity index (χ1n) is 6.84. The van der Waals surface area contributed by atoms with Crippen molar-refractivity contribution in [3.63, 3.8) is 0 Å². The lowest BCUT2D eigenvalue weighted by Crippen LogP contribution is -2.47. The van der Waals surface area contributed by atoms with Gasteiger partial charge in [0.15, 0.2) is 0 Å². The van der Waals surface area contributed by atoms with E-state index < -0.39 is 12.2 Å². The van der Waals surface area contributed by atoms with Crippen molar-refractivity contribution in [3.05, 3.63) is 35.9 Å². The normalized spacial score (nSPS) is 29.8. The van der Waals surface area contributed by atoms with E-state index in [1.807, 2.05) is 19.9 Å². The summed E-state index contributed by atoms with van der Waals surface area (Å²) in [5, 5.41) is 10.3. The highest BCUT2D eigenvalue weighted by Crippen LogP contribution is 2.40. The summed E-state index contributed by atoms with van der Waals surface area (Å²) in [5.74, 6) is 0.0986. The molecule has 3 unspecified atom stereocenters. The van der Waals surface area contributed by atoms with E-state index >= 15 is 0 Å². The van der Waals surface area contributed by atoms with Crippen molar-refractivity contribution in [3.8, 4) is 0 Å². The molecular weight excluding hydrogens is 240 g/mol. The molecule has 1 aliphatic rings. The van der Waals surface area contributed by atoms with Crippen LogP contribution in [0.15, 0.2) is 30.3 Å². The van der Waals surface area contributed by atoms with Crippen LogP contribution in [0.25, 0.3) is 0 Å². The minimum atomic E-state index is -0.601. The Balaban J connectivity index is 2.08. The Hall–Kier alpha value is -1.35. The quantitative estimate of drug-likeness (QED) is 0.833. The Kier molecular flexibility index (Phi) is 3.95. The zero-order chi connectivity index (χ0) is 14.0. The lowest BCUT2D eigenvalue weighted by atomic mass is 9.69. The van der Waals surface area contributed by atoms with Crippen LogP contribution in [0.4, 0.5) is 0 Å². The third kappa shape index (κ3) is 3.16. The van der Waals surface area contributed by atoms with Crippen LogP contribution in [0.3, 0.4) is 0 Å². The largest absolute Gasteiger partial charge is 0.456 e. The number of benzene rings is 1. The summed E-state index contributed by atoms with van der Waals surface area (Å²) in [7, 11) is 0. The van der Waals surface area contributed by atoms with Crippen LogP contribution < -0.4 is 0 Å². The van der Waals surface area contributed by atoms with Crippen LogP contribution in [0, 0.1) is 11.3 Å². The third-order valence-corrected chi connectivity index (χ3v) is 3.93. The Morgan fingerprint density at radius 1 is 1.32 bits per heavy atom. The average molecular weight is 262 g/mol. The van der Waals surface area contributed by atoms with Crippen LogP contribution >= 0.6 is 0 Å². The fourth-order valence-electron chi connectivity index (χ4n) is 3.02. The maximum Gasteiger partial charge on any atom is 0.338 e. The predicted octanol–water partition coefficient (Wildman–Crippen LogP) is 3.03. The molecule has 0 saturated heterocycles. The maximum atomic E-state index is 12.0. The van der Waals surface area contributed by atoms with Gasteiger partial charge in [0, 0.05) is 0 Å². The summed E-state index contributed by atoms with van der Waals surface area (Å²) in [4.78, 5) is 12.0. The molecule has 0 aromatic heterocycles. The van der Waals surface area contributed by atoms with Crippen molar-refractivity contribution in [1.29, 1.82) is 0 Å². The molecule has 1 aliphatic carbocycles. The summed E-state index contributed by atoms with van der Waals surface area (Å²) in [6.45, 7) is 6.18. The Morgan fingerprint density at radius 2 is 1.95 bits per heavy atom. The van der Waals surface area contributed by atoms with Crippen LogP contribution in [0.5, 0.6) is 0 Å². The molecule has 19 heavy (non-hydrogen) atoms. The molecule has 1 N–H and O–H groups in total. The molecule has 104 valence electrons. The van der Waals surface area contributed by atoms with E-state index in [-0.39, 0.29) is 11.4 Å². The van der Waals surface area contributed by atoms with Gasteiger partial charge < -0.3 is 9.84 Å². The third-order valence-electron chi connectivity index (χ3n) is 3.93. The van der Waals surface area contributed by atoms with E-state index in [1.165, 1.54) is 0 Å². The Labute approximate surface area is 114 Å².